The zero-order valence-electron chi connectivity index (χ0n) is 20.7. The Balaban J connectivity index is 1.74. The number of hydrogen-bond acceptors (Lipinski definition) is 11. The van der Waals surface area contributed by atoms with Crippen molar-refractivity contribution < 1.29 is 54.7 Å². The molecule has 0 aromatic rings. The van der Waals surface area contributed by atoms with E-state index in [0.29, 0.717) is 6.61 Å². The second-order valence-electron chi connectivity index (χ2n) is 9.56. The molecule has 2 aliphatic heterocycles. The molecule has 35 heavy (non-hydrogen) atoms. The highest BCUT2D eigenvalue weighted by atomic mass is 16.7. The van der Waals surface area contributed by atoms with E-state index in [4.69, 9.17) is 18.9 Å². The summed E-state index contributed by atoms with van der Waals surface area (Å²) in [6.07, 6.45) is -2.63. The van der Waals surface area contributed by atoms with Crippen LogP contribution >= 0.6 is 0 Å². The number of ether oxygens (including phenoxy) is 4. The average molecular weight is 511 g/mol. The van der Waals surface area contributed by atoms with Gasteiger partial charge in [0.1, 0.15) is 48.8 Å². The van der Waals surface area contributed by atoms with Gasteiger partial charge in [0.05, 0.1) is 13.2 Å². The van der Waals surface area contributed by atoms with Crippen molar-refractivity contribution >= 4 is 0 Å². The average Bonchev–Trinajstić information content (AvgIpc) is 2.86. The largest absolute Gasteiger partial charge is 0.394 e. The van der Waals surface area contributed by atoms with Crippen LogP contribution in [0.4, 0.5) is 0 Å². The van der Waals surface area contributed by atoms with Crippen molar-refractivity contribution in [1.29, 1.82) is 0 Å². The van der Waals surface area contributed by atoms with Gasteiger partial charge < -0.3 is 54.7 Å². The van der Waals surface area contributed by atoms with Crippen molar-refractivity contribution in [2.24, 2.45) is 0 Å². The van der Waals surface area contributed by atoms with Crippen molar-refractivity contribution in [3.63, 3.8) is 0 Å². The van der Waals surface area contributed by atoms with E-state index in [1.165, 1.54) is 44.9 Å². The van der Waals surface area contributed by atoms with Gasteiger partial charge in [-0.3, -0.25) is 0 Å². The van der Waals surface area contributed by atoms with E-state index in [-0.39, 0.29) is 0 Å². The third-order valence-corrected chi connectivity index (χ3v) is 6.74. The second kappa shape index (κ2) is 16.4. The number of hydrogen-bond donors (Lipinski definition) is 7. The summed E-state index contributed by atoms with van der Waals surface area (Å²) in [5.41, 5.74) is 0. The number of rotatable bonds is 16. The first-order valence-electron chi connectivity index (χ1n) is 13.1. The van der Waals surface area contributed by atoms with Gasteiger partial charge in [-0.25, -0.2) is 0 Å². The molecule has 10 atom stereocenters. The van der Waals surface area contributed by atoms with Crippen LogP contribution in [-0.2, 0) is 18.9 Å². The number of aliphatic hydroxyl groups is 7. The molecule has 7 N–H and O–H groups in total. The van der Waals surface area contributed by atoms with Crippen LogP contribution in [0.5, 0.6) is 0 Å². The van der Waals surface area contributed by atoms with Crippen molar-refractivity contribution in [2.75, 3.05) is 19.8 Å². The minimum atomic E-state index is -1.69. The normalized spacial score (nSPS) is 38.1. The van der Waals surface area contributed by atoms with Crippen LogP contribution in [0, 0.1) is 0 Å². The van der Waals surface area contributed by atoms with Crippen molar-refractivity contribution in [2.45, 2.75) is 133 Å². The molecular formula is C24H46O11. The molecule has 0 aromatic heterocycles. The molecule has 0 saturated carbocycles. The van der Waals surface area contributed by atoms with Crippen molar-refractivity contribution in [1.82, 2.24) is 0 Å². The van der Waals surface area contributed by atoms with Crippen LogP contribution in [0.2, 0.25) is 0 Å². The SMILES string of the molecule is CCCCCCCCCCCCOC1OC(CO)[C@@H](OC2OC(CO)[C@@H](O)C(O)C2O)C(O)C1O. The zero-order chi connectivity index (χ0) is 25.8. The van der Waals surface area contributed by atoms with Crippen LogP contribution in [0.15, 0.2) is 0 Å². The van der Waals surface area contributed by atoms with Gasteiger partial charge in [-0.15, -0.1) is 0 Å². The highest BCUT2D eigenvalue weighted by molar-refractivity contribution is 4.94. The molecule has 2 heterocycles. The maximum atomic E-state index is 10.6. The Labute approximate surface area is 207 Å². The smallest absolute Gasteiger partial charge is 0.187 e. The monoisotopic (exact) mass is 510 g/mol. The van der Waals surface area contributed by atoms with Gasteiger partial charge in [-0.2, -0.15) is 0 Å². The van der Waals surface area contributed by atoms with Crippen molar-refractivity contribution in [3.8, 4) is 0 Å². The van der Waals surface area contributed by atoms with Gasteiger partial charge >= 0.3 is 0 Å². The fourth-order valence-electron chi connectivity index (χ4n) is 4.48. The van der Waals surface area contributed by atoms with E-state index in [1.807, 2.05) is 0 Å². The molecule has 11 nitrogen and oxygen atoms in total. The third-order valence-electron chi connectivity index (χ3n) is 6.74. The van der Waals surface area contributed by atoms with Gasteiger partial charge in [0.25, 0.3) is 0 Å². The maximum absolute atomic E-state index is 10.6. The van der Waals surface area contributed by atoms with Gasteiger partial charge in [0, 0.05) is 6.61 Å². The highest BCUT2D eigenvalue weighted by Crippen LogP contribution is 2.29. The summed E-state index contributed by atoms with van der Waals surface area (Å²) in [6, 6.07) is 0. The Kier molecular flexibility index (Phi) is 14.4. The molecule has 0 aliphatic carbocycles. The third kappa shape index (κ3) is 9.11. The molecule has 2 saturated heterocycles. The van der Waals surface area contributed by atoms with Gasteiger partial charge in [-0.1, -0.05) is 64.7 Å². The Hall–Kier alpha value is -0.440. The fourth-order valence-corrected chi connectivity index (χ4v) is 4.48. The summed E-state index contributed by atoms with van der Waals surface area (Å²) in [4.78, 5) is 0. The van der Waals surface area contributed by atoms with E-state index in [2.05, 4.69) is 6.92 Å². The lowest BCUT2D eigenvalue weighted by molar-refractivity contribution is -0.359. The molecule has 11 heteroatoms. The molecule has 0 spiro atoms. The summed E-state index contributed by atoms with van der Waals surface area (Å²) in [5, 5.41) is 70.1. The standard InChI is InChI=1S/C24H46O11/c1-2-3-4-5-6-7-8-9-10-11-12-32-23-21(31)19(29)22(16(14-26)34-23)35-24-20(30)18(28)17(27)15(13-25)33-24/h15-31H,2-14H2,1H3/t15?,16?,17-,18?,19?,20?,21?,22-,23?,24?/m1/s1. The molecule has 2 rings (SSSR count). The number of unbranched alkanes of at least 4 members (excludes halogenated alkanes) is 9. The lowest BCUT2D eigenvalue weighted by Gasteiger charge is -2.45. The van der Waals surface area contributed by atoms with Crippen LogP contribution < -0.4 is 0 Å². The lowest BCUT2D eigenvalue weighted by atomic mass is 9.97. The van der Waals surface area contributed by atoms with Gasteiger partial charge in [0.15, 0.2) is 12.6 Å². The Bertz CT molecular complexity index is 550. The number of aliphatic hydroxyl groups excluding tert-OH is 7. The summed E-state index contributed by atoms with van der Waals surface area (Å²) < 4.78 is 22.0. The van der Waals surface area contributed by atoms with E-state index in [1.54, 1.807) is 0 Å². The summed E-state index contributed by atoms with van der Waals surface area (Å²) in [5.74, 6) is 0. The summed E-state index contributed by atoms with van der Waals surface area (Å²) in [6.45, 7) is 1.31. The molecule has 208 valence electrons. The van der Waals surface area contributed by atoms with Gasteiger partial charge in [0.2, 0.25) is 0 Å². The molecule has 0 aromatic carbocycles. The molecule has 0 bridgehead atoms. The fraction of sp³-hybridized carbons (Fsp3) is 1.00. The minimum absolute atomic E-state index is 0.321. The molecule has 8 unspecified atom stereocenters. The Morgan fingerprint density at radius 3 is 1.66 bits per heavy atom. The first-order valence-corrected chi connectivity index (χ1v) is 13.1. The molecule has 2 aliphatic rings. The van der Waals surface area contributed by atoms with E-state index in [9.17, 15) is 35.7 Å². The highest BCUT2D eigenvalue weighted by Gasteiger charge is 2.50. The predicted octanol–water partition coefficient (Wildman–Crippen LogP) is -0.452. The first kappa shape index (κ1) is 30.8. The maximum Gasteiger partial charge on any atom is 0.187 e. The van der Waals surface area contributed by atoms with E-state index in [0.717, 1.165) is 19.3 Å². The zero-order valence-corrected chi connectivity index (χ0v) is 20.7. The van der Waals surface area contributed by atoms with Crippen LogP contribution in [0.3, 0.4) is 0 Å². The molecule has 0 amide bonds. The van der Waals surface area contributed by atoms with Crippen LogP contribution in [0.25, 0.3) is 0 Å². The first-order chi connectivity index (χ1) is 16.8. The lowest BCUT2D eigenvalue weighted by Crippen LogP contribution is -2.64. The predicted molar refractivity (Wildman–Crippen MR) is 124 cm³/mol. The topological polar surface area (TPSA) is 179 Å². The van der Waals surface area contributed by atoms with Crippen LogP contribution in [0.1, 0.15) is 71.1 Å². The van der Waals surface area contributed by atoms with E-state index >= 15 is 0 Å². The molecular weight excluding hydrogens is 464 g/mol. The molecule has 2 fully saturated rings. The Morgan fingerprint density at radius 2 is 1.09 bits per heavy atom. The van der Waals surface area contributed by atoms with E-state index < -0.39 is 74.6 Å². The van der Waals surface area contributed by atoms with Crippen molar-refractivity contribution in [3.05, 3.63) is 0 Å². The summed E-state index contributed by atoms with van der Waals surface area (Å²) >= 11 is 0. The van der Waals surface area contributed by atoms with Crippen LogP contribution in [-0.4, -0.2) is 117 Å². The minimum Gasteiger partial charge on any atom is -0.394 e. The quantitative estimate of drug-likeness (QED) is 0.134. The molecule has 0 radical (unpaired) electrons. The van der Waals surface area contributed by atoms with Gasteiger partial charge in [-0.05, 0) is 6.42 Å². The Morgan fingerprint density at radius 1 is 0.571 bits per heavy atom. The summed E-state index contributed by atoms with van der Waals surface area (Å²) in [7, 11) is 0. The second-order valence-corrected chi connectivity index (χ2v) is 9.56.